The molecule has 0 bridgehead atoms. The summed E-state index contributed by atoms with van der Waals surface area (Å²) in [7, 11) is 0. The quantitative estimate of drug-likeness (QED) is 0.618. The standard InChI is InChI=1S/C7H14O3/c1-3-5(2)4-6(8)7(9)10/h5-6,8H,3-4H2,1-2H3,(H,9,10)/t5-,6+/m0/s1. The van der Waals surface area contributed by atoms with Crippen molar-refractivity contribution in [2.45, 2.75) is 32.8 Å². The Morgan fingerprint density at radius 2 is 2.10 bits per heavy atom. The number of carboxylic acids is 1. The van der Waals surface area contributed by atoms with E-state index in [0.717, 1.165) is 6.42 Å². The van der Waals surface area contributed by atoms with Crippen LogP contribution in [0.5, 0.6) is 0 Å². The molecule has 0 saturated heterocycles. The SMILES string of the molecule is CC[C@H](C)C[C@@H](O)C(=O)O. The molecule has 0 heterocycles. The third-order valence-corrected chi connectivity index (χ3v) is 1.61. The molecule has 3 heteroatoms. The molecule has 0 aliphatic heterocycles. The van der Waals surface area contributed by atoms with E-state index in [-0.39, 0.29) is 5.92 Å². The lowest BCUT2D eigenvalue weighted by Gasteiger charge is -2.09. The minimum atomic E-state index is -1.19. The number of carboxylic acid groups (broad SMARTS) is 1. The number of aliphatic carboxylic acids is 1. The maximum Gasteiger partial charge on any atom is 0.332 e. The van der Waals surface area contributed by atoms with Gasteiger partial charge in [0.05, 0.1) is 0 Å². The molecule has 3 nitrogen and oxygen atoms in total. The van der Waals surface area contributed by atoms with Crippen molar-refractivity contribution in [1.29, 1.82) is 0 Å². The van der Waals surface area contributed by atoms with E-state index in [4.69, 9.17) is 10.2 Å². The van der Waals surface area contributed by atoms with Gasteiger partial charge in [-0.3, -0.25) is 0 Å². The number of hydrogen-bond donors (Lipinski definition) is 2. The number of aliphatic hydroxyl groups is 1. The van der Waals surface area contributed by atoms with Crippen LogP contribution in [0.25, 0.3) is 0 Å². The molecule has 0 unspecified atom stereocenters. The Bertz CT molecular complexity index is 111. The van der Waals surface area contributed by atoms with Crippen molar-refractivity contribution in [3.8, 4) is 0 Å². The predicted octanol–water partition coefficient (Wildman–Crippen LogP) is 0.868. The van der Waals surface area contributed by atoms with Gasteiger partial charge in [0.2, 0.25) is 0 Å². The van der Waals surface area contributed by atoms with Gasteiger partial charge in [-0.1, -0.05) is 20.3 Å². The highest BCUT2D eigenvalue weighted by Crippen LogP contribution is 2.09. The van der Waals surface area contributed by atoms with Gasteiger partial charge in [0.25, 0.3) is 0 Å². The zero-order valence-electron chi connectivity index (χ0n) is 6.37. The fraction of sp³-hybridized carbons (Fsp3) is 0.857. The van der Waals surface area contributed by atoms with Gasteiger partial charge in [0.15, 0.2) is 6.10 Å². The highest BCUT2D eigenvalue weighted by atomic mass is 16.4. The summed E-state index contributed by atoms with van der Waals surface area (Å²) in [6.07, 6.45) is 0.0749. The second-order valence-corrected chi connectivity index (χ2v) is 2.60. The van der Waals surface area contributed by atoms with Crippen molar-refractivity contribution in [3.05, 3.63) is 0 Å². The van der Waals surface area contributed by atoms with Crippen LogP contribution in [0.4, 0.5) is 0 Å². The molecule has 60 valence electrons. The summed E-state index contributed by atoms with van der Waals surface area (Å²) in [6.45, 7) is 3.89. The van der Waals surface area contributed by atoms with E-state index in [1.165, 1.54) is 0 Å². The van der Waals surface area contributed by atoms with E-state index in [0.29, 0.717) is 6.42 Å². The van der Waals surface area contributed by atoms with Crippen LogP contribution in [-0.4, -0.2) is 22.3 Å². The molecule has 10 heavy (non-hydrogen) atoms. The highest BCUT2D eigenvalue weighted by Gasteiger charge is 2.15. The van der Waals surface area contributed by atoms with E-state index in [1.54, 1.807) is 0 Å². The van der Waals surface area contributed by atoms with E-state index >= 15 is 0 Å². The summed E-state index contributed by atoms with van der Waals surface area (Å²) in [5, 5.41) is 17.1. The van der Waals surface area contributed by atoms with Gasteiger partial charge >= 0.3 is 5.97 Å². The molecule has 0 aliphatic carbocycles. The predicted molar refractivity (Wildman–Crippen MR) is 37.7 cm³/mol. The molecule has 0 aromatic heterocycles. The monoisotopic (exact) mass is 146 g/mol. The second-order valence-electron chi connectivity index (χ2n) is 2.60. The molecule has 2 atom stereocenters. The lowest BCUT2D eigenvalue weighted by molar-refractivity contribution is -0.147. The van der Waals surface area contributed by atoms with Gasteiger partial charge in [-0.25, -0.2) is 4.79 Å². The van der Waals surface area contributed by atoms with Crippen LogP contribution in [-0.2, 0) is 4.79 Å². The first kappa shape index (κ1) is 9.43. The number of hydrogen-bond acceptors (Lipinski definition) is 2. The van der Waals surface area contributed by atoms with Gasteiger partial charge in [-0.15, -0.1) is 0 Å². The largest absolute Gasteiger partial charge is 0.479 e. The zero-order chi connectivity index (χ0) is 8.15. The van der Waals surface area contributed by atoms with Crippen LogP contribution in [0, 0.1) is 5.92 Å². The Balaban J connectivity index is 3.56. The molecule has 0 rings (SSSR count). The summed E-state index contributed by atoms with van der Waals surface area (Å²) in [6, 6.07) is 0. The molecular formula is C7H14O3. The third-order valence-electron chi connectivity index (χ3n) is 1.61. The second kappa shape index (κ2) is 4.28. The minimum absolute atomic E-state index is 0.283. The fourth-order valence-electron chi connectivity index (χ4n) is 0.649. The Kier molecular flexibility index (Phi) is 4.03. The molecule has 0 saturated carbocycles. The fourth-order valence-corrected chi connectivity index (χ4v) is 0.649. The summed E-state index contributed by atoms with van der Waals surface area (Å²) < 4.78 is 0. The van der Waals surface area contributed by atoms with Gasteiger partial charge in [0.1, 0.15) is 0 Å². The Morgan fingerprint density at radius 3 is 2.40 bits per heavy atom. The molecule has 2 N–H and O–H groups in total. The zero-order valence-corrected chi connectivity index (χ0v) is 6.37. The maximum absolute atomic E-state index is 10.1. The van der Waals surface area contributed by atoms with Crippen molar-refractivity contribution in [1.82, 2.24) is 0 Å². The molecule has 0 spiro atoms. The molecule has 0 aromatic rings. The lowest BCUT2D eigenvalue weighted by Crippen LogP contribution is -2.21. The smallest absolute Gasteiger partial charge is 0.332 e. The average Bonchev–Trinajstić information content (AvgIpc) is 1.87. The summed E-state index contributed by atoms with van der Waals surface area (Å²) in [4.78, 5) is 10.1. The molecule has 0 aromatic carbocycles. The molecule has 0 amide bonds. The van der Waals surface area contributed by atoms with Crippen LogP contribution in [0.2, 0.25) is 0 Å². The van der Waals surface area contributed by atoms with Crippen LogP contribution in [0.1, 0.15) is 26.7 Å². The van der Waals surface area contributed by atoms with Crippen molar-refractivity contribution < 1.29 is 15.0 Å². The van der Waals surface area contributed by atoms with Crippen LogP contribution in [0.15, 0.2) is 0 Å². The molecule has 0 radical (unpaired) electrons. The Labute approximate surface area is 60.7 Å². The number of aliphatic hydroxyl groups excluding tert-OH is 1. The molecule has 0 fully saturated rings. The van der Waals surface area contributed by atoms with Crippen LogP contribution in [0.3, 0.4) is 0 Å². The van der Waals surface area contributed by atoms with E-state index in [1.807, 2.05) is 13.8 Å². The minimum Gasteiger partial charge on any atom is -0.479 e. The number of rotatable bonds is 4. The van der Waals surface area contributed by atoms with Crippen LogP contribution >= 0.6 is 0 Å². The van der Waals surface area contributed by atoms with Crippen molar-refractivity contribution in [2.24, 2.45) is 5.92 Å². The maximum atomic E-state index is 10.1. The summed E-state index contributed by atoms with van der Waals surface area (Å²) >= 11 is 0. The van der Waals surface area contributed by atoms with Crippen LogP contribution < -0.4 is 0 Å². The van der Waals surface area contributed by atoms with Crippen molar-refractivity contribution in [3.63, 3.8) is 0 Å². The van der Waals surface area contributed by atoms with E-state index in [2.05, 4.69) is 0 Å². The first-order valence-electron chi connectivity index (χ1n) is 3.48. The third kappa shape index (κ3) is 3.45. The topological polar surface area (TPSA) is 57.5 Å². The van der Waals surface area contributed by atoms with Crippen molar-refractivity contribution in [2.75, 3.05) is 0 Å². The van der Waals surface area contributed by atoms with E-state index < -0.39 is 12.1 Å². The van der Waals surface area contributed by atoms with Gasteiger partial charge in [-0.05, 0) is 12.3 Å². The first-order valence-corrected chi connectivity index (χ1v) is 3.48. The Morgan fingerprint density at radius 1 is 1.60 bits per heavy atom. The molecular weight excluding hydrogens is 132 g/mol. The average molecular weight is 146 g/mol. The highest BCUT2D eigenvalue weighted by molar-refractivity contribution is 5.71. The van der Waals surface area contributed by atoms with Gasteiger partial charge in [-0.2, -0.15) is 0 Å². The van der Waals surface area contributed by atoms with Gasteiger partial charge < -0.3 is 10.2 Å². The first-order chi connectivity index (χ1) is 4.57. The molecule has 0 aliphatic rings. The number of carbonyl (C=O) groups is 1. The van der Waals surface area contributed by atoms with Gasteiger partial charge in [0, 0.05) is 0 Å². The van der Waals surface area contributed by atoms with E-state index in [9.17, 15) is 4.79 Å². The van der Waals surface area contributed by atoms with Crippen molar-refractivity contribution >= 4 is 5.97 Å². The normalized spacial score (nSPS) is 16.3. The summed E-state index contributed by atoms with van der Waals surface area (Å²) in [5.74, 6) is -0.841. The lowest BCUT2D eigenvalue weighted by atomic mass is 10.0. The summed E-state index contributed by atoms with van der Waals surface area (Å²) in [5.41, 5.74) is 0. The Hall–Kier alpha value is -0.570.